The van der Waals surface area contributed by atoms with Crippen LogP contribution in [0.5, 0.6) is 0 Å². The molecule has 4 heterocycles. The van der Waals surface area contributed by atoms with Gasteiger partial charge in [0.15, 0.2) is 11.5 Å². The first kappa shape index (κ1) is 22.1. The van der Waals surface area contributed by atoms with Crippen LogP contribution in [0, 0.1) is 11.8 Å². The SMILES string of the molecule is CCCC(=O)CCc1ccccc1-c1cccc2cc(C(=O)C[C@H]3CN4CCC3CC4)oc12. The Kier molecular flexibility index (Phi) is 6.45. The average Bonchev–Trinajstić information content (AvgIpc) is 3.29. The molecule has 0 N–H and O–H groups in total. The van der Waals surface area contributed by atoms with E-state index in [1.807, 2.05) is 37.3 Å². The number of nitrogens with zero attached hydrogens (tertiary/aromatic N) is 1. The predicted molar refractivity (Wildman–Crippen MR) is 131 cm³/mol. The van der Waals surface area contributed by atoms with E-state index in [4.69, 9.17) is 4.42 Å². The fraction of sp³-hybridized carbons (Fsp3) is 0.448. The van der Waals surface area contributed by atoms with Gasteiger partial charge in [-0.3, -0.25) is 9.59 Å². The molecule has 2 bridgehead atoms. The van der Waals surface area contributed by atoms with Crippen LogP contribution < -0.4 is 0 Å². The number of carbonyl (C=O) groups excluding carboxylic acids is 2. The number of ketones is 2. The van der Waals surface area contributed by atoms with Gasteiger partial charge in [0, 0.05) is 36.8 Å². The summed E-state index contributed by atoms with van der Waals surface area (Å²) in [7, 11) is 0. The van der Waals surface area contributed by atoms with Crippen LogP contribution in [0.15, 0.2) is 52.9 Å². The number of para-hydroxylation sites is 1. The van der Waals surface area contributed by atoms with Crippen molar-refractivity contribution in [2.24, 2.45) is 11.8 Å². The maximum absolute atomic E-state index is 13.2. The van der Waals surface area contributed by atoms with Gasteiger partial charge in [0.25, 0.3) is 0 Å². The summed E-state index contributed by atoms with van der Waals surface area (Å²) in [5, 5.41) is 0.960. The Labute approximate surface area is 196 Å². The molecular formula is C29H33NO3. The number of carbonyl (C=O) groups is 2. The van der Waals surface area contributed by atoms with E-state index in [2.05, 4.69) is 23.1 Å². The summed E-state index contributed by atoms with van der Waals surface area (Å²) in [4.78, 5) is 27.8. The van der Waals surface area contributed by atoms with Gasteiger partial charge in [0.2, 0.25) is 0 Å². The molecule has 3 aliphatic rings. The van der Waals surface area contributed by atoms with Gasteiger partial charge >= 0.3 is 0 Å². The molecular weight excluding hydrogens is 410 g/mol. The topological polar surface area (TPSA) is 50.5 Å². The number of hydrogen-bond acceptors (Lipinski definition) is 4. The van der Waals surface area contributed by atoms with Crippen molar-refractivity contribution in [2.75, 3.05) is 19.6 Å². The number of rotatable bonds is 9. The highest BCUT2D eigenvalue weighted by Gasteiger charge is 2.35. The van der Waals surface area contributed by atoms with E-state index in [0.29, 0.717) is 42.6 Å². The van der Waals surface area contributed by atoms with Gasteiger partial charge in [0.05, 0.1) is 0 Å². The Hall–Kier alpha value is -2.72. The van der Waals surface area contributed by atoms with Gasteiger partial charge in [-0.15, -0.1) is 0 Å². The van der Waals surface area contributed by atoms with E-state index >= 15 is 0 Å². The molecule has 0 amide bonds. The third-order valence-electron chi connectivity index (χ3n) is 7.57. The maximum atomic E-state index is 13.2. The Morgan fingerprint density at radius 2 is 1.79 bits per heavy atom. The Morgan fingerprint density at radius 3 is 2.55 bits per heavy atom. The summed E-state index contributed by atoms with van der Waals surface area (Å²) in [6.07, 6.45) is 5.83. The van der Waals surface area contributed by atoms with Crippen molar-refractivity contribution < 1.29 is 14.0 Å². The molecule has 1 aromatic heterocycles. The zero-order valence-electron chi connectivity index (χ0n) is 19.5. The number of Topliss-reactive ketones (excluding diaryl/α,β-unsaturated/α-hetero) is 2. The van der Waals surface area contributed by atoms with E-state index in [1.165, 1.54) is 25.9 Å². The van der Waals surface area contributed by atoms with Gasteiger partial charge in [-0.2, -0.15) is 0 Å². The van der Waals surface area contributed by atoms with Crippen molar-refractivity contribution in [3.05, 3.63) is 59.9 Å². The second kappa shape index (κ2) is 9.64. The third-order valence-corrected chi connectivity index (χ3v) is 7.57. The number of benzene rings is 2. The molecule has 0 saturated carbocycles. The van der Waals surface area contributed by atoms with Gasteiger partial charge in [0.1, 0.15) is 11.4 Å². The highest BCUT2D eigenvalue weighted by Crippen LogP contribution is 2.37. The molecule has 2 aromatic carbocycles. The molecule has 3 aliphatic heterocycles. The smallest absolute Gasteiger partial charge is 0.198 e. The van der Waals surface area contributed by atoms with Gasteiger partial charge < -0.3 is 9.32 Å². The zero-order chi connectivity index (χ0) is 22.8. The molecule has 3 aromatic rings. The van der Waals surface area contributed by atoms with Crippen molar-refractivity contribution in [1.29, 1.82) is 0 Å². The van der Waals surface area contributed by atoms with E-state index < -0.39 is 0 Å². The van der Waals surface area contributed by atoms with Crippen LogP contribution in [0.1, 0.15) is 61.6 Å². The predicted octanol–water partition coefficient (Wildman–Crippen LogP) is 6.32. The maximum Gasteiger partial charge on any atom is 0.198 e. The van der Waals surface area contributed by atoms with Crippen LogP contribution in [0.4, 0.5) is 0 Å². The Bertz CT molecular complexity index is 1150. The number of hydrogen-bond donors (Lipinski definition) is 0. The molecule has 0 spiro atoms. The highest BCUT2D eigenvalue weighted by atomic mass is 16.3. The summed E-state index contributed by atoms with van der Waals surface area (Å²) in [6.45, 7) is 5.46. The summed E-state index contributed by atoms with van der Waals surface area (Å²) < 4.78 is 6.23. The zero-order valence-corrected chi connectivity index (χ0v) is 19.5. The van der Waals surface area contributed by atoms with E-state index in [-0.39, 0.29) is 5.78 Å². The second-order valence-corrected chi connectivity index (χ2v) is 9.81. The van der Waals surface area contributed by atoms with Crippen molar-refractivity contribution in [1.82, 2.24) is 4.90 Å². The minimum Gasteiger partial charge on any atom is -0.452 e. The normalized spacial score (nSPS) is 22.0. The van der Waals surface area contributed by atoms with Crippen molar-refractivity contribution in [2.45, 2.75) is 51.9 Å². The quantitative estimate of drug-likeness (QED) is 0.363. The van der Waals surface area contributed by atoms with Crippen LogP contribution in [0.2, 0.25) is 0 Å². The highest BCUT2D eigenvalue weighted by molar-refractivity contribution is 6.01. The summed E-state index contributed by atoms with van der Waals surface area (Å²) >= 11 is 0. The minimum atomic E-state index is 0.120. The largest absolute Gasteiger partial charge is 0.452 e. The Balaban J connectivity index is 1.40. The molecule has 4 heteroatoms. The molecule has 4 nitrogen and oxygen atoms in total. The van der Waals surface area contributed by atoms with Gasteiger partial charge in [-0.25, -0.2) is 0 Å². The summed E-state index contributed by atoms with van der Waals surface area (Å²) in [5.74, 6) is 2.04. The fourth-order valence-corrected chi connectivity index (χ4v) is 5.75. The molecule has 1 atom stereocenters. The minimum absolute atomic E-state index is 0.120. The van der Waals surface area contributed by atoms with Crippen LogP contribution in [-0.4, -0.2) is 36.1 Å². The van der Waals surface area contributed by atoms with E-state index in [0.717, 1.165) is 47.0 Å². The first-order valence-corrected chi connectivity index (χ1v) is 12.5. The lowest BCUT2D eigenvalue weighted by Gasteiger charge is -2.44. The fourth-order valence-electron chi connectivity index (χ4n) is 5.75. The van der Waals surface area contributed by atoms with Gasteiger partial charge in [-0.05, 0) is 67.8 Å². The number of fused-ring (bicyclic) bond motifs is 4. The van der Waals surface area contributed by atoms with Crippen LogP contribution in [-0.2, 0) is 11.2 Å². The number of aryl methyl sites for hydroxylation is 1. The molecule has 172 valence electrons. The molecule has 0 unspecified atom stereocenters. The van der Waals surface area contributed by atoms with Crippen LogP contribution >= 0.6 is 0 Å². The lowest BCUT2D eigenvalue weighted by Crippen LogP contribution is -2.47. The number of piperidine rings is 3. The first-order chi connectivity index (χ1) is 16.1. The van der Waals surface area contributed by atoms with Crippen LogP contribution in [0.3, 0.4) is 0 Å². The van der Waals surface area contributed by atoms with Crippen molar-refractivity contribution >= 4 is 22.5 Å². The lowest BCUT2D eigenvalue weighted by molar-refractivity contribution is -0.119. The van der Waals surface area contributed by atoms with Crippen molar-refractivity contribution in [3.63, 3.8) is 0 Å². The van der Waals surface area contributed by atoms with Gasteiger partial charge in [-0.1, -0.05) is 49.4 Å². The summed E-state index contributed by atoms with van der Waals surface area (Å²) in [5.41, 5.74) is 3.99. The monoisotopic (exact) mass is 443 g/mol. The molecule has 0 aliphatic carbocycles. The first-order valence-electron chi connectivity index (χ1n) is 12.5. The van der Waals surface area contributed by atoms with E-state index in [9.17, 15) is 9.59 Å². The number of furan rings is 1. The lowest BCUT2D eigenvalue weighted by atomic mass is 9.76. The van der Waals surface area contributed by atoms with E-state index in [1.54, 1.807) is 0 Å². The molecule has 33 heavy (non-hydrogen) atoms. The summed E-state index contributed by atoms with van der Waals surface area (Å²) in [6, 6.07) is 16.2. The molecule has 0 radical (unpaired) electrons. The second-order valence-electron chi connectivity index (χ2n) is 9.81. The van der Waals surface area contributed by atoms with Crippen molar-refractivity contribution in [3.8, 4) is 11.1 Å². The standard InChI is InChI=1S/C29H33NO3/c1-2-6-24(31)12-11-21-7-3-4-9-25(21)26-10-5-8-22-18-28(33-29(22)26)27(32)17-23-19-30-15-13-20(23)14-16-30/h3-5,7-10,18,20,23H,2,6,11-17,19H2,1H3/t23-/m0/s1. The average molecular weight is 444 g/mol. The molecule has 3 fully saturated rings. The Morgan fingerprint density at radius 1 is 1.00 bits per heavy atom. The molecule has 6 rings (SSSR count). The molecule has 3 saturated heterocycles. The van der Waals surface area contributed by atoms with Crippen LogP contribution in [0.25, 0.3) is 22.1 Å². The third kappa shape index (κ3) is 4.67.